The monoisotopic (exact) mass is 490 g/mol. The maximum atomic E-state index is 13.8. The number of benzene rings is 2. The van der Waals surface area contributed by atoms with Crippen LogP contribution in [0.15, 0.2) is 72.1 Å². The highest BCUT2D eigenvalue weighted by molar-refractivity contribution is 7.13. The number of anilines is 1. The van der Waals surface area contributed by atoms with E-state index in [9.17, 15) is 9.59 Å². The molecule has 2 amide bonds. The molecule has 0 fully saturated rings. The molecule has 1 aliphatic heterocycles. The van der Waals surface area contributed by atoms with Crippen LogP contribution in [0.2, 0.25) is 5.02 Å². The summed E-state index contributed by atoms with van der Waals surface area (Å²) in [5.74, 6) is -0.557. The number of aryl methyl sites for hydroxylation is 1. The predicted molar refractivity (Wildman–Crippen MR) is 135 cm³/mol. The summed E-state index contributed by atoms with van der Waals surface area (Å²) in [6.45, 7) is 4.36. The Labute approximate surface area is 206 Å². The molecule has 8 heteroatoms. The molecular weight excluding hydrogens is 468 g/mol. The number of hydrogen-bond acceptors (Lipinski definition) is 4. The van der Waals surface area contributed by atoms with Gasteiger partial charge in [0.05, 0.1) is 11.4 Å². The second kappa shape index (κ2) is 8.74. The van der Waals surface area contributed by atoms with E-state index in [0.717, 1.165) is 16.0 Å². The zero-order valence-electron chi connectivity index (χ0n) is 18.8. The average molecular weight is 491 g/mol. The van der Waals surface area contributed by atoms with Gasteiger partial charge in [0.15, 0.2) is 0 Å². The van der Waals surface area contributed by atoms with Gasteiger partial charge in [-0.3, -0.25) is 19.2 Å². The van der Waals surface area contributed by atoms with E-state index in [2.05, 4.69) is 10.4 Å². The zero-order valence-corrected chi connectivity index (χ0v) is 20.4. The third-order valence-electron chi connectivity index (χ3n) is 6.02. The predicted octanol–water partition coefficient (Wildman–Crippen LogP) is 5.31. The van der Waals surface area contributed by atoms with Gasteiger partial charge in [0, 0.05) is 17.3 Å². The summed E-state index contributed by atoms with van der Waals surface area (Å²) < 4.78 is 1.64. The van der Waals surface area contributed by atoms with Gasteiger partial charge >= 0.3 is 0 Å². The minimum absolute atomic E-state index is 0.214. The fourth-order valence-corrected chi connectivity index (χ4v) is 5.21. The number of carbonyl (C=O) groups excluding carboxylic acids is 2. The maximum absolute atomic E-state index is 13.8. The van der Waals surface area contributed by atoms with Gasteiger partial charge in [-0.25, -0.2) is 0 Å². The molecule has 1 unspecified atom stereocenters. The number of amides is 2. The highest BCUT2D eigenvalue weighted by atomic mass is 35.5. The molecule has 0 saturated heterocycles. The Morgan fingerprint density at radius 1 is 1.15 bits per heavy atom. The van der Waals surface area contributed by atoms with Crippen LogP contribution in [0.4, 0.5) is 5.69 Å². The first-order chi connectivity index (χ1) is 16.3. The molecule has 2 aromatic heterocycles. The van der Waals surface area contributed by atoms with Gasteiger partial charge in [0.25, 0.3) is 5.91 Å². The Kier molecular flexibility index (Phi) is 5.75. The van der Waals surface area contributed by atoms with Crippen LogP contribution in [0.1, 0.15) is 28.5 Å². The molecule has 172 valence electrons. The van der Waals surface area contributed by atoms with Crippen LogP contribution in [0.25, 0.3) is 10.6 Å². The van der Waals surface area contributed by atoms with E-state index >= 15 is 0 Å². The van der Waals surface area contributed by atoms with Gasteiger partial charge < -0.3 is 5.32 Å². The molecule has 2 aromatic carbocycles. The molecule has 34 heavy (non-hydrogen) atoms. The molecule has 1 N–H and O–H groups in total. The summed E-state index contributed by atoms with van der Waals surface area (Å²) in [4.78, 5) is 30.0. The lowest BCUT2D eigenvalue weighted by Gasteiger charge is -2.43. The van der Waals surface area contributed by atoms with E-state index < -0.39 is 5.54 Å². The van der Waals surface area contributed by atoms with E-state index in [0.29, 0.717) is 28.6 Å². The summed E-state index contributed by atoms with van der Waals surface area (Å²) in [6.07, 6.45) is 0. The fourth-order valence-electron chi connectivity index (χ4n) is 4.34. The van der Waals surface area contributed by atoms with Crippen LogP contribution in [0, 0.1) is 6.92 Å². The molecular formula is C26H23ClN4O2S. The Morgan fingerprint density at radius 3 is 2.71 bits per heavy atom. The lowest BCUT2D eigenvalue weighted by atomic mass is 9.93. The van der Waals surface area contributed by atoms with Crippen molar-refractivity contribution in [2.45, 2.75) is 32.5 Å². The van der Waals surface area contributed by atoms with Crippen LogP contribution >= 0.6 is 22.9 Å². The number of rotatable bonds is 5. The molecule has 0 radical (unpaired) electrons. The SMILES string of the molecule is Cc1cccc(CNC(=O)C2(C)Cn3nc(-c4cccs4)cc3C(=O)N2c2cccc(Cl)c2)c1. The van der Waals surface area contributed by atoms with Crippen LogP contribution in [0.3, 0.4) is 0 Å². The van der Waals surface area contributed by atoms with Crippen molar-refractivity contribution in [1.82, 2.24) is 15.1 Å². The van der Waals surface area contributed by atoms with Gasteiger partial charge in [-0.05, 0) is 55.1 Å². The van der Waals surface area contributed by atoms with Crippen molar-refractivity contribution in [3.63, 3.8) is 0 Å². The molecule has 0 saturated carbocycles. The Balaban J connectivity index is 1.54. The molecule has 0 spiro atoms. The summed E-state index contributed by atoms with van der Waals surface area (Å²) in [5, 5.41) is 10.2. The average Bonchev–Trinajstić information content (AvgIpc) is 3.47. The number of fused-ring (bicyclic) bond motifs is 1. The molecule has 5 rings (SSSR count). The molecule has 3 heterocycles. The molecule has 0 bridgehead atoms. The maximum Gasteiger partial charge on any atom is 0.277 e. The Hall–Kier alpha value is -3.42. The number of aromatic nitrogens is 2. The van der Waals surface area contributed by atoms with Crippen molar-refractivity contribution >= 4 is 40.4 Å². The quantitative estimate of drug-likeness (QED) is 0.412. The number of nitrogens with zero attached hydrogens (tertiary/aromatic N) is 3. The fraction of sp³-hybridized carbons (Fsp3) is 0.192. The minimum atomic E-state index is -1.21. The van der Waals surface area contributed by atoms with E-state index in [4.69, 9.17) is 11.6 Å². The number of halogens is 1. The standard InChI is InChI=1S/C26H23ClN4O2S/c1-17-6-3-7-18(12-17)15-28-25(33)26(2)16-30-22(14-21(29-30)23-10-5-11-34-23)24(32)31(26)20-9-4-8-19(27)13-20/h3-14H,15-16H2,1-2H3,(H,28,33). The highest BCUT2D eigenvalue weighted by Crippen LogP contribution is 2.35. The van der Waals surface area contributed by atoms with Crippen molar-refractivity contribution in [2.75, 3.05) is 4.90 Å². The van der Waals surface area contributed by atoms with Gasteiger partial charge in [-0.15, -0.1) is 11.3 Å². The molecule has 1 aliphatic rings. The normalized spacial score (nSPS) is 17.5. The first-order valence-corrected chi connectivity index (χ1v) is 12.2. The van der Waals surface area contributed by atoms with E-state index in [1.54, 1.807) is 58.2 Å². The van der Waals surface area contributed by atoms with Crippen LogP contribution < -0.4 is 10.2 Å². The highest BCUT2D eigenvalue weighted by Gasteiger charge is 2.49. The molecule has 4 aromatic rings. The first kappa shape index (κ1) is 22.4. The van der Waals surface area contributed by atoms with Gasteiger partial charge in [0.2, 0.25) is 5.91 Å². The summed E-state index contributed by atoms with van der Waals surface area (Å²) in [5.41, 5.74) is 2.62. The lowest BCUT2D eigenvalue weighted by molar-refractivity contribution is -0.126. The summed E-state index contributed by atoms with van der Waals surface area (Å²) >= 11 is 7.81. The van der Waals surface area contributed by atoms with Gasteiger partial charge in [-0.2, -0.15) is 5.10 Å². The topological polar surface area (TPSA) is 67.2 Å². The van der Waals surface area contributed by atoms with Crippen LogP contribution in [-0.2, 0) is 17.9 Å². The largest absolute Gasteiger partial charge is 0.350 e. The van der Waals surface area contributed by atoms with Crippen LogP contribution in [-0.4, -0.2) is 27.1 Å². The van der Waals surface area contributed by atoms with Crippen molar-refractivity contribution in [1.29, 1.82) is 0 Å². The zero-order chi connectivity index (χ0) is 23.9. The number of nitrogens with one attached hydrogen (secondary N) is 1. The molecule has 0 aliphatic carbocycles. The van der Waals surface area contributed by atoms with Crippen molar-refractivity contribution < 1.29 is 9.59 Å². The van der Waals surface area contributed by atoms with Crippen molar-refractivity contribution in [2.24, 2.45) is 0 Å². The molecule has 6 nitrogen and oxygen atoms in total. The third-order valence-corrected chi connectivity index (χ3v) is 7.15. The number of thiophene rings is 1. The van der Waals surface area contributed by atoms with E-state index in [1.807, 2.05) is 48.7 Å². The lowest BCUT2D eigenvalue weighted by Crippen LogP contribution is -2.64. The van der Waals surface area contributed by atoms with E-state index in [1.165, 1.54) is 0 Å². The third kappa shape index (κ3) is 4.02. The second-order valence-electron chi connectivity index (χ2n) is 8.62. The number of carbonyl (C=O) groups is 2. The van der Waals surface area contributed by atoms with Crippen LogP contribution in [0.5, 0.6) is 0 Å². The Bertz CT molecular complexity index is 1380. The Morgan fingerprint density at radius 2 is 1.97 bits per heavy atom. The van der Waals surface area contributed by atoms with Gasteiger partial charge in [-0.1, -0.05) is 53.6 Å². The molecule has 1 atom stereocenters. The van der Waals surface area contributed by atoms with Crippen molar-refractivity contribution in [3.05, 3.63) is 94.0 Å². The second-order valence-corrected chi connectivity index (χ2v) is 10.00. The van der Waals surface area contributed by atoms with Crippen molar-refractivity contribution in [3.8, 4) is 10.6 Å². The summed E-state index contributed by atoms with van der Waals surface area (Å²) in [6, 6.07) is 20.7. The minimum Gasteiger partial charge on any atom is -0.350 e. The first-order valence-electron chi connectivity index (χ1n) is 10.9. The number of hydrogen-bond donors (Lipinski definition) is 1. The summed E-state index contributed by atoms with van der Waals surface area (Å²) in [7, 11) is 0. The smallest absolute Gasteiger partial charge is 0.277 e. The van der Waals surface area contributed by atoms with E-state index in [-0.39, 0.29) is 18.4 Å². The van der Waals surface area contributed by atoms with Gasteiger partial charge in [0.1, 0.15) is 16.9 Å².